The Morgan fingerprint density at radius 2 is 2.04 bits per heavy atom. The maximum absolute atomic E-state index is 12.5. The van der Waals surface area contributed by atoms with E-state index in [1.165, 1.54) is 12.0 Å². The molecule has 0 unspecified atom stereocenters. The number of benzene rings is 1. The van der Waals surface area contributed by atoms with Crippen LogP contribution in [0.4, 0.5) is 5.69 Å². The highest BCUT2D eigenvalue weighted by atomic mass is 35.5. The molecule has 1 aromatic carbocycles. The van der Waals surface area contributed by atoms with Crippen LogP contribution < -0.4 is 10.1 Å². The molecule has 1 aliphatic carbocycles. The van der Waals surface area contributed by atoms with Crippen LogP contribution in [-0.2, 0) is 22.4 Å². The van der Waals surface area contributed by atoms with E-state index >= 15 is 0 Å². The monoisotopic (exact) mass is 393 g/mol. The van der Waals surface area contributed by atoms with Crippen LogP contribution in [0, 0.1) is 0 Å². The van der Waals surface area contributed by atoms with Crippen LogP contribution in [0.3, 0.4) is 0 Å². The van der Waals surface area contributed by atoms with Gasteiger partial charge in [-0.25, -0.2) is 4.79 Å². The molecule has 2 aromatic rings. The van der Waals surface area contributed by atoms with Gasteiger partial charge < -0.3 is 14.8 Å². The second kappa shape index (κ2) is 8.10. The number of aryl methyl sites for hydroxylation is 1. The Bertz CT molecular complexity index is 833. The molecule has 3 rings (SSSR count). The van der Waals surface area contributed by atoms with E-state index < -0.39 is 18.0 Å². The number of hydrogen-bond donors (Lipinski definition) is 1. The second-order valence-corrected chi connectivity index (χ2v) is 7.54. The van der Waals surface area contributed by atoms with Gasteiger partial charge in [0.25, 0.3) is 5.91 Å². The third-order valence-electron chi connectivity index (χ3n) is 4.35. The van der Waals surface area contributed by atoms with Crippen molar-refractivity contribution in [3.63, 3.8) is 0 Å². The lowest BCUT2D eigenvalue weighted by Gasteiger charge is -2.16. The first-order valence-corrected chi connectivity index (χ1v) is 9.70. The molecule has 1 aliphatic rings. The number of thiophene rings is 1. The average Bonchev–Trinajstić information content (AvgIpc) is 3.06. The zero-order chi connectivity index (χ0) is 18.7. The minimum Gasteiger partial charge on any atom is -0.495 e. The summed E-state index contributed by atoms with van der Waals surface area (Å²) in [6.07, 6.45) is 3.20. The summed E-state index contributed by atoms with van der Waals surface area (Å²) < 4.78 is 10.6. The fourth-order valence-electron chi connectivity index (χ4n) is 2.95. The summed E-state index contributed by atoms with van der Waals surface area (Å²) in [5.74, 6) is -0.415. The third kappa shape index (κ3) is 4.02. The summed E-state index contributed by atoms with van der Waals surface area (Å²) in [4.78, 5) is 26.1. The minimum atomic E-state index is -0.940. The molecule has 0 radical (unpaired) electrons. The minimum absolute atomic E-state index is 0.431. The zero-order valence-electron chi connectivity index (χ0n) is 14.6. The van der Waals surface area contributed by atoms with Crippen LogP contribution in [0.1, 0.15) is 40.6 Å². The number of methoxy groups -OCH3 is 1. The Morgan fingerprint density at radius 1 is 1.27 bits per heavy atom. The Labute approximate surface area is 161 Å². The number of anilines is 1. The molecule has 1 N–H and O–H groups in total. The molecule has 0 bridgehead atoms. The number of amides is 1. The molecule has 7 heteroatoms. The van der Waals surface area contributed by atoms with Gasteiger partial charge in [-0.05, 0) is 56.4 Å². The van der Waals surface area contributed by atoms with E-state index in [9.17, 15) is 9.59 Å². The van der Waals surface area contributed by atoms with Crippen LogP contribution in [0.25, 0.3) is 0 Å². The summed E-state index contributed by atoms with van der Waals surface area (Å²) in [7, 11) is 1.50. The first kappa shape index (κ1) is 18.7. The van der Waals surface area contributed by atoms with Crippen molar-refractivity contribution in [1.29, 1.82) is 0 Å². The van der Waals surface area contributed by atoms with Gasteiger partial charge in [0.05, 0.1) is 18.4 Å². The van der Waals surface area contributed by atoms with Crippen LogP contribution in [0.5, 0.6) is 5.75 Å². The van der Waals surface area contributed by atoms with Crippen LogP contribution in [-0.4, -0.2) is 25.1 Å². The van der Waals surface area contributed by atoms with E-state index in [0.29, 0.717) is 22.0 Å². The predicted octanol–water partition coefficient (Wildman–Crippen LogP) is 4.47. The van der Waals surface area contributed by atoms with Crippen molar-refractivity contribution in [2.75, 3.05) is 12.4 Å². The van der Waals surface area contributed by atoms with Gasteiger partial charge in [0.1, 0.15) is 5.75 Å². The van der Waals surface area contributed by atoms with Gasteiger partial charge >= 0.3 is 5.97 Å². The van der Waals surface area contributed by atoms with Crippen LogP contribution >= 0.6 is 22.9 Å². The first-order valence-electron chi connectivity index (χ1n) is 8.44. The molecule has 1 atom stereocenters. The Kier molecular flexibility index (Phi) is 5.84. The molecule has 0 spiro atoms. The van der Waals surface area contributed by atoms with Gasteiger partial charge in [-0.15, -0.1) is 11.3 Å². The quantitative estimate of drug-likeness (QED) is 0.761. The Balaban J connectivity index is 1.67. The number of halogens is 1. The Hall–Kier alpha value is -2.05. The van der Waals surface area contributed by atoms with Gasteiger partial charge in [0.2, 0.25) is 0 Å². The van der Waals surface area contributed by atoms with Crippen molar-refractivity contribution >= 4 is 40.5 Å². The normalized spacial score (nSPS) is 14.3. The molecule has 0 aliphatic heterocycles. The van der Waals surface area contributed by atoms with E-state index in [-0.39, 0.29) is 0 Å². The molecule has 0 fully saturated rings. The van der Waals surface area contributed by atoms with Crippen molar-refractivity contribution in [2.24, 2.45) is 0 Å². The topological polar surface area (TPSA) is 64.6 Å². The summed E-state index contributed by atoms with van der Waals surface area (Å²) >= 11 is 7.56. The van der Waals surface area contributed by atoms with E-state index in [1.807, 2.05) is 5.38 Å². The van der Waals surface area contributed by atoms with Crippen molar-refractivity contribution in [2.45, 2.75) is 38.7 Å². The number of rotatable bonds is 5. The molecule has 5 nitrogen and oxygen atoms in total. The van der Waals surface area contributed by atoms with Gasteiger partial charge in [0, 0.05) is 15.3 Å². The fourth-order valence-corrected chi connectivity index (χ4v) is 4.24. The standard InChI is InChI=1S/C19H20ClNO4S/c1-11(18(22)21-15-9-12(20)7-8-16(15)24-2)25-19(23)14-10-26-17-6-4-3-5-13(14)17/h7-11H,3-6H2,1-2H3,(H,21,22)/t11-/m0/s1. The number of fused-ring (bicyclic) bond motifs is 1. The van der Waals surface area contributed by atoms with Crippen molar-refractivity contribution in [3.8, 4) is 5.75 Å². The zero-order valence-corrected chi connectivity index (χ0v) is 16.2. The summed E-state index contributed by atoms with van der Waals surface area (Å²) in [6.45, 7) is 1.54. The summed E-state index contributed by atoms with van der Waals surface area (Å²) in [5, 5.41) is 5.00. The van der Waals surface area contributed by atoms with E-state index in [0.717, 1.165) is 31.2 Å². The van der Waals surface area contributed by atoms with Gasteiger partial charge in [-0.1, -0.05) is 11.6 Å². The fraction of sp³-hybridized carbons (Fsp3) is 0.368. The van der Waals surface area contributed by atoms with Gasteiger partial charge in [0.15, 0.2) is 6.10 Å². The average molecular weight is 394 g/mol. The SMILES string of the molecule is COc1ccc(Cl)cc1NC(=O)[C@H](C)OC(=O)c1csc2c1CCCC2. The van der Waals surface area contributed by atoms with E-state index in [4.69, 9.17) is 21.1 Å². The molecular formula is C19H20ClNO4S. The molecule has 138 valence electrons. The first-order chi connectivity index (χ1) is 12.5. The molecule has 0 saturated heterocycles. The van der Waals surface area contributed by atoms with Gasteiger partial charge in [-0.2, -0.15) is 0 Å². The lowest BCUT2D eigenvalue weighted by atomic mass is 9.96. The molecule has 1 aromatic heterocycles. The maximum atomic E-state index is 12.5. The van der Waals surface area contributed by atoms with Crippen molar-refractivity contribution in [3.05, 3.63) is 44.6 Å². The van der Waals surface area contributed by atoms with Gasteiger partial charge in [-0.3, -0.25) is 4.79 Å². The number of carbonyl (C=O) groups is 2. The maximum Gasteiger partial charge on any atom is 0.340 e. The Morgan fingerprint density at radius 3 is 2.81 bits per heavy atom. The summed E-state index contributed by atoms with van der Waals surface area (Å²) in [6, 6.07) is 4.91. The molecule has 26 heavy (non-hydrogen) atoms. The lowest BCUT2D eigenvalue weighted by molar-refractivity contribution is -0.123. The predicted molar refractivity (Wildman–Crippen MR) is 102 cm³/mol. The van der Waals surface area contributed by atoms with Crippen LogP contribution in [0.2, 0.25) is 5.02 Å². The van der Waals surface area contributed by atoms with E-state index in [1.54, 1.807) is 36.5 Å². The van der Waals surface area contributed by atoms with Crippen molar-refractivity contribution in [1.82, 2.24) is 0 Å². The van der Waals surface area contributed by atoms with Crippen LogP contribution in [0.15, 0.2) is 23.6 Å². The number of nitrogens with one attached hydrogen (secondary N) is 1. The lowest BCUT2D eigenvalue weighted by Crippen LogP contribution is -2.30. The summed E-state index contributed by atoms with van der Waals surface area (Å²) in [5.41, 5.74) is 2.10. The van der Waals surface area contributed by atoms with E-state index in [2.05, 4.69) is 5.32 Å². The largest absolute Gasteiger partial charge is 0.495 e. The molecule has 0 saturated carbocycles. The number of esters is 1. The second-order valence-electron chi connectivity index (χ2n) is 6.14. The highest BCUT2D eigenvalue weighted by Crippen LogP contribution is 2.31. The number of ether oxygens (including phenoxy) is 2. The molecule has 1 heterocycles. The smallest absolute Gasteiger partial charge is 0.340 e. The molecular weight excluding hydrogens is 374 g/mol. The molecule has 1 amide bonds. The third-order valence-corrected chi connectivity index (χ3v) is 5.68. The highest BCUT2D eigenvalue weighted by Gasteiger charge is 2.25. The number of hydrogen-bond acceptors (Lipinski definition) is 5. The highest BCUT2D eigenvalue weighted by molar-refractivity contribution is 7.10. The van der Waals surface area contributed by atoms with Crippen molar-refractivity contribution < 1.29 is 19.1 Å². The number of carbonyl (C=O) groups excluding carboxylic acids is 2.